The molecule has 1 unspecified atom stereocenters. The summed E-state index contributed by atoms with van der Waals surface area (Å²) in [5.41, 5.74) is 5.12. The Morgan fingerprint density at radius 1 is 1.40 bits per heavy atom. The fourth-order valence-corrected chi connectivity index (χ4v) is 3.13. The minimum absolute atomic E-state index is 0.0334. The monoisotopic (exact) mass is 304 g/mol. The summed E-state index contributed by atoms with van der Waals surface area (Å²) in [7, 11) is -3.88. The Bertz CT molecular complexity index is 547. The lowest BCUT2D eigenvalue weighted by molar-refractivity contribution is 0.116. The SMILES string of the molecule is CCOCC(NS(=O)(=O)c1cccc(F)c1N)C(C)C. The lowest BCUT2D eigenvalue weighted by atomic mass is 10.1. The van der Waals surface area contributed by atoms with Crippen molar-refractivity contribution in [3.05, 3.63) is 24.0 Å². The largest absolute Gasteiger partial charge is 0.395 e. The fourth-order valence-electron chi connectivity index (χ4n) is 1.62. The van der Waals surface area contributed by atoms with Gasteiger partial charge in [-0.15, -0.1) is 0 Å². The van der Waals surface area contributed by atoms with Crippen molar-refractivity contribution >= 4 is 15.7 Å². The number of hydrogen-bond acceptors (Lipinski definition) is 4. The van der Waals surface area contributed by atoms with Gasteiger partial charge in [0.2, 0.25) is 10.0 Å². The van der Waals surface area contributed by atoms with Crippen molar-refractivity contribution in [2.75, 3.05) is 18.9 Å². The molecule has 0 aliphatic heterocycles. The van der Waals surface area contributed by atoms with E-state index in [-0.39, 0.29) is 23.1 Å². The normalized spacial score (nSPS) is 13.7. The molecule has 0 bridgehead atoms. The summed E-state index contributed by atoms with van der Waals surface area (Å²) in [6.07, 6.45) is 0. The molecule has 0 heterocycles. The third-order valence-electron chi connectivity index (χ3n) is 2.92. The summed E-state index contributed by atoms with van der Waals surface area (Å²) in [6.45, 7) is 6.33. The molecule has 0 fully saturated rings. The Kier molecular flexibility index (Phi) is 5.91. The first-order chi connectivity index (χ1) is 9.29. The highest BCUT2D eigenvalue weighted by Crippen LogP contribution is 2.21. The van der Waals surface area contributed by atoms with Gasteiger partial charge in [0.15, 0.2) is 0 Å². The van der Waals surface area contributed by atoms with Crippen LogP contribution in [-0.2, 0) is 14.8 Å². The molecule has 1 aromatic carbocycles. The van der Waals surface area contributed by atoms with Crippen molar-refractivity contribution in [3.63, 3.8) is 0 Å². The van der Waals surface area contributed by atoms with Crippen LogP contribution in [0.1, 0.15) is 20.8 Å². The quantitative estimate of drug-likeness (QED) is 0.752. The zero-order valence-electron chi connectivity index (χ0n) is 11.9. The number of rotatable bonds is 7. The first-order valence-corrected chi connectivity index (χ1v) is 7.92. The number of sulfonamides is 1. The van der Waals surface area contributed by atoms with Gasteiger partial charge in [-0.1, -0.05) is 19.9 Å². The maximum atomic E-state index is 13.4. The predicted molar refractivity (Wildman–Crippen MR) is 76.3 cm³/mol. The van der Waals surface area contributed by atoms with Crippen LogP contribution >= 0.6 is 0 Å². The number of anilines is 1. The highest BCUT2D eigenvalue weighted by Gasteiger charge is 2.25. The van der Waals surface area contributed by atoms with Gasteiger partial charge in [0, 0.05) is 12.6 Å². The van der Waals surface area contributed by atoms with Gasteiger partial charge in [-0.25, -0.2) is 17.5 Å². The van der Waals surface area contributed by atoms with Crippen LogP contribution in [-0.4, -0.2) is 27.7 Å². The molecule has 3 N–H and O–H groups in total. The average molecular weight is 304 g/mol. The Morgan fingerprint density at radius 2 is 2.05 bits per heavy atom. The molecular weight excluding hydrogens is 283 g/mol. The third-order valence-corrected chi connectivity index (χ3v) is 4.46. The van der Waals surface area contributed by atoms with Gasteiger partial charge < -0.3 is 10.5 Å². The molecule has 0 radical (unpaired) electrons. The Morgan fingerprint density at radius 3 is 2.60 bits per heavy atom. The summed E-state index contributed by atoms with van der Waals surface area (Å²) in [5, 5.41) is 0. The molecule has 1 rings (SSSR count). The van der Waals surface area contributed by atoms with Gasteiger partial charge in [-0.2, -0.15) is 0 Å². The number of halogens is 1. The highest BCUT2D eigenvalue weighted by atomic mass is 32.2. The molecule has 0 aromatic heterocycles. The molecule has 0 amide bonds. The van der Waals surface area contributed by atoms with Gasteiger partial charge >= 0.3 is 0 Å². The standard InChI is InChI=1S/C13H21FN2O3S/c1-4-19-8-11(9(2)3)16-20(17,18)12-7-5-6-10(14)13(12)15/h5-7,9,11,16H,4,8,15H2,1-3H3. The van der Waals surface area contributed by atoms with Crippen molar-refractivity contribution in [2.24, 2.45) is 5.92 Å². The zero-order chi connectivity index (χ0) is 15.3. The summed E-state index contributed by atoms with van der Waals surface area (Å²) < 4.78 is 45.7. The van der Waals surface area contributed by atoms with E-state index in [4.69, 9.17) is 10.5 Å². The Hall–Kier alpha value is -1.18. The topological polar surface area (TPSA) is 81.4 Å². The summed E-state index contributed by atoms with van der Waals surface area (Å²) in [5.74, 6) is -0.718. The molecule has 114 valence electrons. The number of benzene rings is 1. The Balaban J connectivity index is 3.00. The molecule has 1 atom stereocenters. The van der Waals surface area contributed by atoms with E-state index in [1.165, 1.54) is 12.1 Å². The second-order valence-corrected chi connectivity index (χ2v) is 6.47. The van der Waals surface area contributed by atoms with E-state index in [1.807, 2.05) is 20.8 Å². The molecule has 0 saturated heterocycles. The molecular formula is C13H21FN2O3S. The van der Waals surface area contributed by atoms with Crippen molar-refractivity contribution in [1.82, 2.24) is 4.72 Å². The molecule has 5 nitrogen and oxygen atoms in total. The number of hydrogen-bond donors (Lipinski definition) is 2. The van der Waals surface area contributed by atoms with Crippen molar-refractivity contribution in [1.29, 1.82) is 0 Å². The van der Waals surface area contributed by atoms with E-state index < -0.39 is 21.9 Å². The number of para-hydroxylation sites is 1. The number of ether oxygens (including phenoxy) is 1. The Labute approximate surface area is 119 Å². The lowest BCUT2D eigenvalue weighted by Gasteiger charge is -2.22. The zero-order valence-corrected chi connectivity index (χ0v) is 12.7. The van der Waals surface area contributed by atoms with E-state index in [2.05, 4.69) is 4.72 Å². The van der Waals surface area contributed by atoms with Crippen LogP contribution in [0.2, 0.25) is 0 Å². The first kappa shape index (κ1) is 16.9. The van der Waals surface area contributed by atoms with Crippen LogP contribution in [0.15, 0.2) is 23.1 Å². The van der Waals surface area contributed by atoms with E-state index in [0.717, 1.165) is 6.07 Å². The molecule has 20 heavy (non-hydrogen) atoms. The van der Waals surface area contributed by atoms with Crippen LogP contribution in [0.5, 0.6) is 0 Å². The molecule has 0 aliphatic rings. The van der Waals surface area contributed by atoms with Gasteiger partial charge in [0.25, 0.3) is 0 Å². The van der Waals surface area contributed by atoms with E-state index in [0.29, 0.717) is 6.61 Å². The van der Waals surface area contributed by atoms with Crippen LogP contribution < -0.4 is 10.5 Å². The van der Waals surface area contributed by atoms with Gasteiger partial charge in [-0.05, 0) is 25.0 Å². The van der Waals surface area contributed by atoms with Crippen molar-refractivity contribution < 1.29 is 17.5 Å². The molecule has 0 saturated carbocycles. The fraction of sp³-hybridized carbons (Fsp3) is 0.538. The van der Waals surface area contributed by atoms with Gasteiger partial charge in [0.05, 0.1) is 12.3 Å². The first-order valence-electron chi connectivity index (χ1n) is 6.43. The predicted octanol–water partition coefficient (Wildman–Crippen LogP) is 1.75. The molecule has 0 spiro atoms. The van der Waals surface area contributed by atoms with E-state index in [1.54, 1.807) is 0 Å². The third kappa shape index (κ3) is 4.16. The number of nitrogens with two attached hydrogens (primary N) is 1. The summed E-state index contributed by atoms with van der Waals surface area (Å²) in [4.78, 5) is -0.250. The van der Waals surface area contributed by atoms with Gasteiger partial charge in [0.1, 0.15) is 10.7 Å². The van der Waals surface area contributed by atoms with Crippen LogP contribution in [0, 0.1) is 11.7 Å². The maximum absolute atomic E-state index is 13.4. The van der Waals surface area contributed by atoms with Crippen molar-refractivity contribution in [3.8, 4) is 0 Å². The minimum atomic E-state index is -3.88. The second kappa shape index (κ2) is 7.01. The van der Waals surface area contributed by atoms with Crippen LogP contribution in [0.25, 0.3) is 0 Å². The second-order valence-electron chi connectivity index (χ2n) is 4.78. The molecule has 1 aromatic rings. The average Bonchev–Trinajstić information content (AvgIpc) is 2.37. The molecule has 0 aliphatic carbocycles. The maximum Gasteiger partial charge on any atom is 0.243 e. The van der Waals surface area contributed by atoms with E-state index >= 15 is 0 Å². The lowest BCUT2D eigenvalue weighted by Crippen LogP contribution is -2.42. The van der Waals surface area contributed by atoms with E-state index in [9.17, 15) is 12.8 Å². The summed E-state index contributed by atoms with van der Waals surface area (Å²) in [6, 6.07) is 3.31. The van der Waals surface area contributed by atoms with Crippen molar-refractivity contribution in [2.45, 2.75) is 31.7 Å². The number of nitrogens with one attached hydrogen (secondary N) is 1. The highest BCUT2D eigenvalue weighted by molar-refractivity contribution is 7.89. The van der Waals surface area contributed by atoms with Crippen LogP contribution in [0.4, 0.5) is 10.1 Å². The minimum Gasteiger partial charge on any atom is -0.395 e. The number of nitrogen functional groups attached to an aromatic ring is 1. The summed E-state index contributed by atoms with van der Waals surface area (Å²) >= 11 is 0. The van der Waals surface area contributed by atoms with Gasteiger partial charge in [-0.3, -0.25) is 0 Å². The van der Waals surface area contributed by atoms with Crippen LogP contribution in [0.3, 0.4) is 0 Å². The molecule has 7 heteroatoms. The smallest absolute Gasteiger partial charge is 0.243 e.